The fraction of sp³-hybridized carbons (Fsp3) is 0.357. The quantitative estimate of drug-likeness (QED) is 0.837. The van der Waals surface area contributed by atoms with Crippen molar-refractivity contribution in [1.29, 1.82) is 0 Å². The van der Waals surface area contributed by atoms with Crippen molar-refractivity contribution in [2.24, 2.45) is 0 Å². The number of para-hydroxylation sites is 1. The van der Waals surface area contributed by atoms with Gasteiger partial charge in [0.15, 0.2) is 0 Å². The summed E-state index contributed by atoms with van der Waals surface area (Å²) >= 11 is 0. The van der Waals surface area contributed by atoms with Crippen molar-refractivity contribution in [2.75, 3.05) is 11.9 Å². The van der Waals surface area contributed by atoms with Crippen molar-refractivity contribution >= 4 is 11.6 Å². The summed E-state index contributed by atoms with van der Waals surface area (Å²) < 4.78 is 1.68. The highest BCUT2D eigenvalue weighted by Crippen LogP contribution is 2.15. The van der Waals surface area contributed by atoms with Gasteiger partial charge in [0, 0.05) is 24.5 Å². The lowest BCUT2D eigenvalue weighted by Crippen LogP contribution is -2.28. The topological polar surface area (TPSA) is 71.8 Å². The van der Waals surface area contributed by atoms with Gasteiger partial charge in [0.05, 0.1) is 18.3 Å². The van der Waals surface area contributed by atoms with Crippen LogP contribution in [0, 0.1) is 0 Å². The van der Waals surface area contributed by atoms with Gasteiger partial charge in [0.1, 0.15) is 0 Å². The van der Waals surface area contributed by atoms with E-state index in [0.717, 1.165) is 5.69 Å². The van der Waals surface area contributed by atoms with Crippen LogP contribution < -0.4 is 10.6 Å². The van der Waals surface area contributed by atoms with Crippen LogP contribution in [0.15, 0.2) is 36.7 Å². The highest BCUT2D eigenvalue weighted by atomic mass is 16.1. The third kappa shape index (κ3) is 3.81. The molecule has 2 aromatic rings. The number of benzene rings is 1. The van der Waals surface area contributed by atoms with E-state index in [0.29, 0.717) is 18.7 Å². The molecule has 1 heterocycles. The molecule has 0 aliphatic heterocycles. The Bertz CT molecular complexity index is 550. The maximum absolute atomic E-state index is 12.2. The number of hydrogen-bond donors (Lipinski definition) is 2. The molecule has 0 radical (unpaired) electrons. The predicted octanol–water partition coefficient (Wildman–Crippen LogP) is 1.53. The predicted molar refractivity (Wildman–Crippen MR) is 77.6 cm³/mol. The lowest BCUT2D eigenvalue weighted by atomic mass is 10.1. The molecule has 0 atom stereocenters. The summed E-state index contributed by atoms with van der Waals surface area (Å²) in [5.74, 6) is -0.0890. The molecule has 2 rings (SSSR count). The van der Waals surface area contributed by atoms with E-state index >= 15 is 0 Å². The second-order valence-corrected chi connectivity index (χ2v) is 4.77. The second-order valence-electron chi connectivity index (χ2n) is 4.77. The van der Waals surface area contributed by atoms with Crippen molar-refractivity contribution in [3.63, 3.8) is 0 Å². The molecule has 0 aliphatic carbocycles. The number of rotatable bonds is 6. The smallest absolute Gasteiger partial charge is 0.253 e. The minimum atomic E-state index is -0.0890. The molecular formula is C14H19N5O. The molecule has 106 valence electrons. The van der Waals surface area contributed by atoms with Crippen LogP contribution in [0.25, 0.3) is 0 Å². The van der Waals surface area contributed by atoms with Gasteiger partial charge in [-0.25, -0.2) is 0 Å². The molecule has 1 aromatic carbocycles. The maximum Gasteiger partial charge on any atom is 0.253 e. The van der Waals surface area contributed by atoms with E-state index in [9.17, 15) is 4.79 Å². The summed E-state index contributed by atoms with van der Waals surface area (Å²) in [4.78, 5) is 12.2. The molecule has 0 aliphatic rings. The van der Waals surface area contributed by atoms with E-state index in [2.05, 4.69) is 20.9 Å². The Balaban J connectivity index is 1.94. The third-order valence-corrected chi connectivity index (χ3v) is 2.71. The van der Waals surface area contributed by atoms with Crippen LogP contribution in [0.4, 0.5) is 5.69 Å². The largest absolute Gasteiger partial charge is 0.382 e. The molecule has 6 nitrogen and oxygen atoms in total. The van der Waals surface area contributed by atoms with Crippen LogP contribution in [-0.2, 0) is 6.54 Å². The average Bonchev–Trinajstić information content (AvgIpc) is 2.91. The van der Waals surface area contributed by atoms with Crippen LogP contribution >= 0.6 is 0 Å². The minimum Gasteiger partial charge on any atom is -0.382 e. The van der Waals surface area contributed by atoms with Gasteiger partial charge < -0.3 is 10.6 Å². The Hall–Kier alpha value is -2.37. The average molecular weight is 273 g/mol. The molecule has 0 saturated carbocycles. The van der Waals surface area contributed by atoms with E-state index in [1.165, 1.54) is 0 Å². The van der Waals surface area contributed by atoms with Crippen LogP contribution in [-0.4, -0.2) is 33.5 Å². The molecule has 0 saturated heterocycles. The molecule has 1 aromatic heterocycles. The van der Waals surface area contributed by atoms with Crippen LogP contribution in [0.3, 0.4) is 0 Å². The van der Waals surface area contributed by atoms with Crippen molar-refractivity contribution in [3.05, 3.63) is 42.2 Å². The fourth-order valence-corrected chi connectivity index (χ4v) is 1.85. The summed E-state index contributed by atoms with van der Waals surface area (Å²) in [5.41, 5.74) is 1.50. The first-order valence-electron chi connectivity index (χ1n) is 6.64. The number of anilines is 1. The minimum absolute atomic E-state index is 0.0890. The van der Waals surface area contributed by atoms with Crippen molar-refractivity contribution < 1.29 is 4.79 Å². The molecule has 0 fully saturated rings. The zero-order chi connectivity index (χ0) is 14.4. The maximum atomic E-state index is 12.2. The van der Waals surface area contributed by atoms with Gasteiger partial charge in [-0.2, -0.15) is 0 Å². The Morgan fingerprint density at radius 1 is 1.35 bits per heavy atom. The number of carbonyl (C=O) groups excluding carboxylic acids is 1. The van der Waals surface area contributed by atoms with Gasteiger partial charge in [-0.3, -0.25) is 9.48 Å². The molecule has 0 unspecified atom stereocenters. The molecular weight excluding hydrogens is 254 g/mol. The van der Waals surface area contributed by atoms with Crippen molar-refractivity contribution in [1.82, 2.24) is 20.3 Å². The first-order chi connectivity index (χ1) is 9.66. The number of hydrogen-bond acceptors (Lipinski definition) is 4. The third-order valence-electron chi connectivity index (χ3n) is 2.71. The van der Waals surface area contributed by atoms with E-state index in [4.69, 9.17) is 0 Å². The Labute approximate surface area is 118 Å². The monoisotopic (exact) mass is 273 g/mol. The van der Waals surface area contributed by atoms with E-state index in [-0.39, 0.29) is 11.9 Å². The summed E-state index contributed by atoms with van der Waals surface area (Å²) in [6, 6.07) is 7.77. The fourth-order valence-electron chi connectivity index (χ4n) is 1.85. The normalized spacial score (nSPS) is 10.6. The second kappa shape index (κ2) is 6.70. The molecule has 0 spiro atoms. The summed E-state index contributed by atoms with van der Waals surface area (Å²) in [6.45, 7) is 5.20. The van der Waals surface area contributed by atoms with E-state index < -0.39 is 0 Å². The van der Waals surface area contributed by atoms with Gasteiger partial charge in [0.25, 0.3) is 5.91 Å². The molecule has 6 heteroatoms. The first kappa shape index (κ1) is 14.0. The summed E-state index contributed by atoms with van der Waals surface area (Å²) in [7, 11) is 0. The number of nitrogens with one attached hydrogen (secondary N) is 2. The van der Waals surface area contributed by atoms with Gasteiger partial charge >= 0.3 is 0 Å². The van der Waals surface area contributed by atoms with Crippen LogP contribution in [0.5, 0.6) is 0 Å². The lowest BCUT2D eigenvalue weighted by molar-refractivity contribution is 0.0952. The molecule has 20 heavy (non-hydrogen) atoms. The van der Waals surface area contributed by atoms with Gasteiger partial charge in [-0.05, 0) is 26.0 Å². The number of aromatic nitrogens is 3. The lowest BCUT2D eigenvalue weighted by Gasteiger charge is -2.14. The zero-order valence-corrected chi connectivity index (χ0v) is 11.7. The van der Waals surface area contributed by atoms with Gasteiger partial charge in [-0.1, -0.05) is 17.3 Å². The van der Waals surface area contributed by atoms with Crippen molar-refractivity contribution in [2.45, 2.75) is 26.4 Å². The SMILES string of the molecule is CC(C)Nc1ccccc1C(=O)NCCn1ccnn1. The Morgan fingerprint density at radius 3 is 2.85 bits per heavy atom. The number of nitrogens with zero attached hydrogens (tertiary/aromatic N) is 3. The zero-order valence-electron chi connectivity index (χ0n) is 11.7. The van der Waals surface area contributed by atoms with Gasteiger partial charge in [-0.15, -0.1) is 5.10 Å². The van der Waals surface area contributed by atoms with E-state index in [1.54, 1.807) is 17.1 Å². The highest BCUT2D eigenvalue weighted by Gasteiger charge is 2.10. The molecule has 0 bridgehead atoms. The molecule has 1 amide bonds. The Kier molecular flexibility index (Phi) is 4.70. The number of amides is 1. The van der Waals surface area contributed by atoms with E-state index in [1.807, 2.05) is 38.1 Å². The van der Waals surface area contributed by atoms with Gasteiger partial charge in [0.2, 0.25) is 0 Å². The summed E-state index contributed by atoms with van der Waals surface area (Å²) in [6.07, 6.45) is 3.38. The van der Waals surface area contributed by atoms with Crippen LogP contribution in [0.2, 0.25) is 0 Å². The molecule has 2 N–H and O–H groups in total. The Morgan fingerprint density at radius 2 is 2.15 bits per heavy atom. The number of carbonyl (C=O) groups is 1. The van der Waals surface area contributed by atoms with Crippen LogP contribution in [0.1, 0.15) is 24.2 Å². The first-order valence-corrected chi connectivity index (χ1v) is 6.64. The van der Waals surface area contributed by atoms with Crippen molar-refractivity contribution in [3.8, 4) is 0 Å². The standard InChI is InChI=1S/C14H19N5O/c1-11(2)17-13-6-4-3-5-12(13)14(20)15-7-9-19-10-8-16-18-19/h3-6,8,10-11,17H,7,9H2,1-2H3,(H,15,20). The summed E-state index contributed by atoms with van der Waals surface area (Å²) in [5, 5.41) is 13.7. The highest BCUT2D eigenvalue weighted by molar-refractivity contribution is 5.99.